The first-order chi connectivity index (χ1) is 9.55. The summed E-state index contributed by atoms with van der Waals surface area (Å²) in [6.07, 6.45) is 2.95. The number of nitrogens with one attached hydrogen (secondary N) is 1. The standard InChI is InChI=1S/C14H17ClN2OS2/c1-14-8-10(16-13(19)17(14)6-7-20-2)12-9(15)4-3-5-11(12)18-14/h3-5,10H,6-8H2,1-2H3,(H,16,19). The Morgan fingerprint density at radius 1 is 1.60 bits per heavy atom. The third kappa shape index (κ3) is 2.26. The quantitative estimate of drug-likeness (QED) is 0.857. The highest BCUT2D eigenvalue weighted by molar-refractivity contribution is 7.98. The van der Waals surface area contributed by atoms with Crippen molar-refractivity contribution in [2.24, 2.45) is 0 Å². The van der Waals surface area contributed by atoms with Gasteiger partial charge in [-0.1, -0.05) is 17.7 Å². The molecule has 0 radical (unpaired) electrons. The zero-order valence-electron chi connectivity index (χ0n) is 11.5. The van der Waals surface area contributed by atoms with Gasteiger partial charge in [0.15, 0.2) is 10.8 Å². The van der Waals surface area contributed by atoms with E-state index in [-0.39, 0.29) is 11.8 Å². The monoisotopic (exact) mass is 328 g/mol. The lowest BCUT2D eigenvalue weighted by Crippen LogP contribution is -2.65. The number of ether oxygens (including phenoxy) is 1. The van der Waals surface area contributed by atoms with E-state index in [1.807, 2.05) is 30.0 Å². The molecule has 3 nitrogen and oxygen atoms in total. The summed E-state index contributed by atoms with van der Waals surface area (Å²) < 4.78 is 6.26. The van der Waals surface area contributed by atoms with Crippen molar-refractivity contribution in [3.05, 3.63) is 28.8 Å². The first-order valence-corrected chi connectivity index (χ1v) is 8.77. The van der Waals surface area contributed by atoms with Gasteiger partial charge in [-0.2, -0.15) is 11.8 Å². The molecular weight excluding hydrogens is 312 g/mol. The normalized spacial score (nSPS) is 27.6. The maximum absolute atomic E-state index is 6.32. The van der Waals surface area contributed by atoms with Crippen LogP contribution in [0.3, 0.4) is 0 Å². The van der Waals surface area contributed by atoms with Crippen molar-refractivity contribution in [1.82, 2.24) is 10.2 Å². The summed E-state index contributed by atoms with van der Waals surface area (Å²) in [6, 6.07) is 5.94. The summed E-state index contributed by atoms with van der Waals surface area (Å²) in [5.41, 5.74) is 0.638. The van der Waals surface area contributed by atoms with E-state index in [1.165, 1.54) is 0 Å². The average Bonchev–Trinajstić information content (AvgIpc) is 2.37. The third-order valence-corrected chi connectivity index (χ3v) is 5.17. The van der Waals surface area contributed by atoms with Crippen molar-refractivity contribution in [1.29, 1.82) is 0 Å². The van der Waals surface area contributed by atoms with Crippen molar-refractivity contribution in [3.63, 3.8) is 0 Å². The van der Waals surface area contributed by atoms with Gasteiger partial charge in [0.05, 0.1) is 6.04 Å². The molecule has 6 heteroatoms. The van der Waals surface area contributed by atoms with Crippen molar-refractivity contribution in [2.45, 2.75) is 25.1 Å². The van der Waals surface area contributed by atoms with E-state index in [0.29, 0.717) is 0 Å². The molecule has 2 unspecified atom stereocenters. The number of rotatable bonds is 3. The number of hydrogen-bond acceptors (Lipinski definition) is 3. The molecular formula is C14H17ClN2OS2. The van der Waals surface area contributed by atoms with Crippen molar-refractivity contribution < 1.29 is 4.74 Å². The van der Waals surface area contributed by atoms with Gasteiger partial charge in [0.2, 0.25) is 0 Å². The minimum absolute atomic E-state index is 0.135. The lowest BCUT2D eigenvalue weighted by Gasteiger charge is -2.52. The molecule has 1 fully saturated rings. The predicted octanol–water partition coefficient (Wildman–Crippen LogP) is 3.43. The van der Waals surface area contributed by atoms with Crippen LogP contribution in [0.1, 0.15) is 24.9 Å². The number of halogens is 1. The number of fused-ring (bicyclic) bond motifs is 4. The molecule has 0 aliphatic carbocycles. The van der Waals surface area contributed by atoms with E-state index in [2.05, 4.69) is 23.4 Å². The van der Waals surface area contributed by atoms with Gasteiger partial charge in [0, 0.05) is 29.3 Å². The molecule has 2 atom stereocenters. The molecule has 2 bridgehead atoms. The van der Waals surface area contributed by atoms with Gasteiger partial charge in [0.25, 0.3) is 0 Å². The van der Waals surface area contributed by atoms with Gasteiger partial charge in [-0.05, 0) is 37.5 Å². The highest BCUT2D eigenvalue weighted by atomic mass is 35.5. The van der Waals surface area contributed by atoms with Crippen LogP contribution >= 0.6 is 35.6 Å². The Morgan fingerprint density at radius 3 is 3.15 bits per heavy atom. The van der Waals surface area contributed by atoms with Gasteiger partial charge in [-0.3, -0.25) is 0 Å². The fraction of sp³-hybridized carbons (Fsp3) is 0.500. The van der Waals surface area contributed by atoms with Crippen molar-refractivity contribution in [3.8, 4) is 5.75 Å². The summed E-state index contributed by atoms with van der Waals surface area (Å²) in [4.78, 5) is 2.15. The molecule has 0 saturated carbocycles. The molecule has 1 aromatic rings. The van der Waals surface area contributed by atoms with E-state index in [9.17, 15) is 0 Å². The topological polar surface area (TPSA) is 24.5 Å². The molecule has 2 aliphatic heterocycles. The average molecular weight is 329 g/mol. The number of thioether (sulfide) groups is 1. The third-order valence-electron chi connectivity index (χ3n) is 3.91. The molecule has 1 saturated heterocycles. The lowest BCUT2D eigenvalue weighted by molar-refractivity contribution is -0.0653. The highest BCUT2D eigenvalue weighted by Gasteiger charge is 2.47. The zero-order valence-corrected chi connectivity index (χ0v) is 13.9. The van der Waals surface area contributed by atoms with Gasteiger partial charge in [-0.25, -0.2) is 0 Å². The van der Waals surface area contributed by atoms with E-state index in [1.54, 1.807) is 0 Å². The molecule has 0 aromatic heterocycles. The lowest BCUT2D eigenvalue weighted by atomic mass is 9.90. The molecule has 2 aliphatic rings. The van der Waals surface area contributed by atoms with Gasteiger partial charge in [0.1, 0.15) is 5.75 Å². The molecule has 0 spiro atoms. The smallest absolute Gasteiger partial charge is 0.184 e. The van der Waals surface area contributed by atoms with E-state index in [4.69, 9.17) is 28.6 Å². The first kappa shape index (κ1) is 14.3. The SMILES string of the molecule is CSCCN1C(=S)NC2CC1(C)Oc1cccc(Cl)c12. The summed E-state index contributed by atoms with van der Waals surface area (Å²) in [5, 5.41) is 4.90. The Labute approximate surface area is 134 Å². The van der Waals surface area contributed by atoms with Crippen LogP contribution in [0.15, 0.2) is 18.2 Å². The Bertz CT molecular complexity index is 554. The van der Waals surface area contributed by atoms with Gasteiger partial charge in [-0.15, -0.1) is 0 Å². The maximum atomic E-state index is 6.32. The van der Waals surface area contributed by atoms with Crippen molar-refractivity contribution in [2.75, 3.05) is 18.6 Å². The van der Waals surface area contributed by atoms with Gasteiger partial charge >= 0.3 is 0 Å². The summed E-state index contributed by atoms with van der Waals surface area (Å²) >= 11 is 13.7. The minimum Gasteiger partial charge on any atom is -0.468 e. The number of hydrogen-bond donors (Lipinski definition) is 1. The second kappa shape index (κ2) is 5.28. The summed E-state index contributed by atoms with van der Waals surface area (Å²) in [7, 11) is 0. The second-order valence-electron chi connectivity index (χ2n) is 5.28. The molecule has 1 aromatic carbocycles. The number of benzene rings is 1. The fourth-order valence-corrected chi connectivity index (χ4v) is 4.04. The summed E-state index contributed by atoms with van der Waals surface area (Å²) in [6.45, 7) is 2.99. The maximum Gasteiger partial charge on any atom is 0.184 e. The molecule has 1 N–H and O–H groups in total. The van der Waals surface area contributed by atoms with Crippen LogP contribution in [0.5, 0.6) is 5.75 Å². The van der Waals surface area contributed by atoms with Crippen LogP contribution in [0.25, 0.3) is 0 Å². The van der Waals surface area contributed by atoms with Crippen molar-refractivity contribution >= 4 is 40.7 Å². The fourth-order valence-electron chi connectivity index (χ4n) is 2.95. The Balaban J connectivity index is 1.98. The van der Waals surface area contributed by atoms with Crippen LogP contribution in [0.4, 0.5) is 0 Å². The highest BCUT2D eigenvalue weighted by Crippen LogP contribution is 2.46. The van der Waals surface area contributed by atoms with Gasteiger partial charge < -0.3 is 15.0 Å². The number of thiocarbonyl (C=S) groups is 1. The molecule has 3 rings (SSSR count). The van der Waals surface area contributed by atoms with Crippen LogP contribution in [-0.2, 0) is 0 Å². The van der Waals surface area contributed by atoms with E-state index >= 15 is 0 Å². The van der Waals surface area contributed by atoms with Crippen LogP contribution in [-0.4, -0.2) is 34.3 Å². The zero-order chi connectivity index (χ0) is 14.3. The minimum atomic E-state index is -0.388. The predicted molar refractivity (Wildman–Crippen MR) is 88.7 cm³/mol. The Morgan fingerprint density at radius 2 is 2.40 bits per heavy atom. The van der Waals surface area contributed by atoms with Crippen LogP contribution in [0.2, 0.25) is 5.02 Å². The van der Waals surface area contributed by atoms with Crippen LogP contribution < -0.4 is 10.1 Å². The Kier molecular flexibility index (Phi) is 3.77. The molecule has 0 amide bonds. The first-order valence-electron chi connectivity index (χ1n) is 6.59. The molecule has 2 heterocycles. The largest absolute Gasteiger partial charge is 0.468 e. The van der Waals surface area contributed by atoms with Crippen LogP contribution in [0, 0.1) is 0 Å². The molecule has 108 valence electrons. The second-order valence-corrected chi connectivity index (χ2v) is 7.06. The summed E-state index contributed by atoms with van der Waals surface area (Å²) in [5.74, 6) is 1.88. The molecule has 20 heavy (non-hydrogen) atoms. The van der Waals surface area contributed by atoms with E-state index < -0.39 is 0 Å². The Hall–Kier alpha value is -0.650. The number of nitrogens with zero attached hydrogens (tertiary/aromatic N) is 1. The van der Waals surface area contributed by atoms with E-state index in [0.717, 1.165) is 40.2 Å².